The van der Waals surface area contributed by atoms with Crippen LogP contribution in [0.1, 0.15) is 35.9 Å². The summed E-state index contributed by atoms with van der Waals surface area (Å²) < 4.78 is 7.45. The SMILES string of the molecule is Cc1cc2nc(C3CCCO3)n(CC(=O)O)c2cc1C. The Bertz CT molecular complexity index is 669. The van der Waals surface area contributed by atoms with E-state index in [4.69, 9.17) is 9.84 Å². The van der Waals surface area contributed by atoms with Gasteiger partial charge in [0.2, 0.25) is 0 Å². The van der Waals surface area contributed by atoms with Crippen molar-refractivity contribution in [3.8, 4) is 0 Å². The van der Waals surface area contributed by atoms with E-state index in [0.717, 1.165) is 47.4 Å². The van der Waals surface area contributed by atoms with Crippen LogP contribution in [-0.2, 0) is 16.1 Å². The lowest BCUT2D eigenvalue weighted by atomic mass is 10.1. The number of carboxylic acid groups (broad SMARTS) is 1. The minimum Gasteiger partial charge on any atom is -0.480 e. The molecule has 5 heteroatoms. The maximum atomic E-state index is 11.1. The van der Waals surface area contributed by atoms with Gasteiger partial charge in [-0.1, -0.05) is 0 Å². The molecule has 0 amide bonds. The third-order valence-electron chi connectivity index (χ3n) is 3.90. The minimum absolute atomic E-state index is 0.0752. The van der Waals surface area contributed by atoms with E-state index >= 15 is 0 Å². The van der Waals surface area contributed by atoms with E-state index in [0.29, 0.717) is 0 Å². The summed E-state index contributed by atoms with van der Waals surface area (Å²) in [6.07, 6.45) is 1.82. The summed E-state index contributed by atoms with van der Waals surface area (Å²) in [5.41, 5.74) is 4.03. The quantitative estimate of drug-likeness (QED) is 0.934. The standard InChI is InChI=1S/C15H18N2O3/c1-9-6-11-12(7-10(9)2)17(8-14(18)19)15(16-11)13-4-3-5-20-13/h6-7,13H,3-5,8H2,1-2H3,(H,18,19). The van der Waals surface area contributed by atoms with Crippen molar-refractivity contribution >= 4 is 17.0 Å². The second-order valence-corrected chi connectivity index (χ2v) is 5.38. The molecule has 0 aliphatic carbocycles. The van der Waals surface area contributed by atoms with Gasteiger partial charge in [-0.15, -0.1) is 0 Å². The number of rotatable bonds is 3. The highest BCUT2D eigenvalue weighted by atomic mass is 16.5. The molecule has 1 fully saturated rings. The molecule has 1 aliphatic rings. The smallest absolute Gasteiger partial charge is 0.323 e. The van der Waals surface area contributed by atoms with Gasteiger partial charge in [0, 0.05) is 6.61 Å². The molecule has 0 bridgehead atoms. The molecule has 2 aromatic rings. The summed E-state index contributed by atoms with van der Waals surface area (Å²) in [6.45, 7) is 4.71. The van der Waals surface area contributed by atoms with Crippen molar-refractivity contribution in [1.82, 2.24) is 9.55 Å². The number of aryl methyl sites for hydroxylation is 2. The summed E-state index contributed by atoms with van der Waals surface area (Å²) in [7, 11) is 0. The zero-order valence-corrected chi connectivity index (χ0v) is 11.7. The largest absolute Gasteiger partial charge is 0.480 e. The first kappa shape index (κ1) is 13.1. The fourth-order valence-electron chi connectivity index (χ4n) is 2.73. The van der Waals surface area contributed by atoms with Crippen molar-refractivity contribution < 1.29 is 14.6 Å². The first-order chi connectivity index (χ1) is 9.56. The van der Waals surface area contributed by atoms with E-state index in [2.05, 4.69) is 4.98 Å². The molecule has 1 atom stereocenters. The Morgan fingerprint density at radius 2 is 2.20 bits per heavy atom. The lowest BCUT2D eigenvalue weighted by Gasteiger charge is -2.11. The van der Waals surface area contributed by atoms with Gasteiger partial charge in [0.05, 0.1) is 11.0 Å². The van der Waals surface area contributed by atoms with E-state index in [1.807, 2.05) is 26.0 Å². The molecule has 1 unspecified atom stereocenters. The number of hydrogen-bond acceptors (Lipinski definition) is 3. The Labute approximate surface area is 117 Å². The van der Waals surface area contributed by atoms with Crippen LogP contribution in [0.5, 0.6) is 0 Å². The molecule has 0 spiro atoms. The Morgan fingerprint density at radius 1 is 1.45 bits per heavy atom. The van der Waals surface area contributed by atoms with E-state index in [1.54, 1.807) is 4.57 Å². The average Bonchev–Trinajstić information content (AvgIpc) is 2.99. The normalized spacial score (nSPS) is 18.8. The van der Waals surface area contributed by atoms with E-state index in [1.165, 1.54) is 0 Å². The number of nitrogens with zero attached hydrogens (tertiary/aromatic N) is 2. The Morgan fingerprint density at radius 3 is 2.85 bits per heavy atom. The first-order valence-electron chi connectivity index (χ1n) is 6.87. The van der Waals surface area contributed by atoms with Crippen molar-refractivity contribution in [2.24, 2.45) is 0 Å². The molecule has 3 rings (SSSR count). The molecule has 5 nitrogen and oxygen atoms in total. The number of hydrogen-bond donors (Lipinski definition) is 1. The van der Waals surface area contributed by atoms with Gasteiger partial charge >= 0.3 is 5.97 Å². The van der Waals surface area contributed by atoms with Crippen LogP contribution in [0.25, 0.3) is 11.0 Å². The zero-order chi connectivity index (χ0) is 14.3. The third-order valence-corrected chi connectivity index (χ3v) is 3.90. The van der Waals surface area contributed by atoms with Crippen LogP contribution in [-0.4, -0.2) is 27.2 Å². The summed E-state index contributed by atoms with van der Waals surface area (Å²) in [6, 6.07) is 4.03. The summed E-state index contributed by atoms with van der Waals surface area (Å²) in [5.74, 6) is -0.119. The molecule has 2 heterocycles. The van der Waals surface area contributed by atoms with Crippen molar-refractivity contribution in [2.75, 3.05) is 6.61 Å². The Kier molecular flexibility index (Phi) is 3.22. The molecule has 1 aliphatic heterocycles. The Balaban J connectivity index is 2.18. The van der Waals surface area contributed by atoms with Gasteiger partial charge in [-0.05, 0) is 49.9 Å². The van der Waals surface area contributed by atoms with Gasteiger partial charge in [0.15, 0.2) is 0 Å². The molecular weight excluding hydrogens is 256 g/mol. The highest BCUT2D eigenvalue weighted by Gasteiger charge is 2.25. The number of fused-ring (bicyclic) bond motifs is 1. The maximum absolute atomic E-state index is 11.1. The Hall–Kier alpha value is -1.88. The van der Waals surface area contributed by atoms with Gasteiger partial charge in [0.1, 0.15) is 18.5 Å². The lowest BCUT2D eigenvalue weighted by molar-refractivity contribution is -0.137. The predicted molar refractivity (Wildman–Crippen MR) is 74.8 cm³/mol. The van der Waals surface area contributed by atoms with Crippen LogP contribution >= 0.6 is 0 Å². The zero-order valence-electron chi connectivity index (χ0n) is 11.7. The number of aliphatic carboxylic acids is 1. The minimum atomic E-state index is -0.859. The number of imidazole rings is 1. The predicted octanol–water partition coefficient (Wildman–Crippen LogP) is 2.59. The molecule has 0 radical (unpaired) electrons. The average molecular weight is 274 g/mol. The molecule has 106 valence electrons. The molecule has 20 heavy (non-hydrogen) atoms. The third kappa shape index (κ3) is 2.18. The van der Waals surface area contributed by atoms with Crippen LogP contribution in [0.4, 0.5) is 0 Å². The summed E-state index contributed by atoms with van der Waals surface area (Å²) in [4.78, 5) is 15.8. The number of carbonyl (C=O) groups is 1. The van der Waals surface area contributed by atoms with Crippen LogP contribution in [0.3, 0.4) is 0 Å². The fraction of sp³-hybridized carbons (Fsp3) is 0.467. The van der Waals surface area contributed by atoms with Gasteiger partial charge in [-0.3, -0.25) is 4.79 Å². The highest BCUT2D eigenvalue weighted by Crippen LogP contribution is 2.31. The molecule has 0 saturated carbocycles. The number of ether oxygens (including phenoxy) is 1. The van der Waals surface area contributed by atoms with Gasteiger partial charge < -0.3 is 14.4 Å². The summed E-state index contributed by atoms with van der Waals surface area (Å²) in [5, 5.41) is 9.15. The molecule has 1 saturated heterocycles. The molecule has 1 aromatic heterocycles. The second kappa shape index (κ2) is 4.90. The van der Waals surface area contributed by atoms with Gasteiger partial charge in [-0.2, -0.15) is 0 Å². The first-order valence-corrected chi connectivity index (χ1v) is 6.87. The van der Waals surface area contributed by atoms with Crippen LogP contribution < -0.4 is 0 Å². The van der Waals surface area contributed by atoms with Crippen molar-refractivity contribution in [2.45, 2.75) is 39.3 Å². The number of carboxylic acids is 1. The van der Waals surface area contributed by atoms with Crippen LogP contribution in [0.15, 0.2) is 12.1 Å². The molecule has 1 N–H and O–H groups in total. The lowest BCUT2D eigenvalue weighted by Crippen LogP contribution is -2.14. The maximum Gasteiger partial charge on any atom is 0.323 e. The van der Waals surface area contributed by atoms with Gasteiger partial charge in [0.25, 0.3) is 0 Å². The second-order valence-electron chi connectivity index (χ2n) is 5.38. The van der Waals surface area contributed by atoms with Crippen molar-refractivity contribution in [1.29, 1.82) is 0 Å². The highest BCUT2D eigenvalue weighted by molar-refractivity contribution is 5.80. The van der Waals surface area contributed by atoms with Crippen molar-refractivity contribution in [3.05, 3.63) is 29.1 Å². The van der Waals surface area contributed by atoms with Crippen LogP contribution in [0, 0.1) is 13.8 Å². The monoisotopic (exact) mass is 274 g/mol. The topological polar surface area (TPSA) is 64.4 Å². The van der Waals surface area contributed by atoms with Crippen molar-refractivity contribution in [3.63, 3.8) is 0 Å². The molecule has 1 aromatic carbocycles. The fourth-order valence-corrected chi connectivity index (χ4v) is 2.73. The molecular formula is C15H18N2O3. The number of benzene rings is 1. The van der Waals surface area contributed by atoms with E-state index in [-0.39, 0.29) is 12.6 Å². The summed E-state index contributed by atoms with van der Waals surface area (Å²) >= 11 is 0. The van der Waals surface area contributed by atoms with E-state index in [9.17, 15) is 4.79 Å². The van der Waals surface area contributed by atoms with Crippen LogP contribution in [0.2, 0.25) is 0 Å². The number of aromatic nitrogens is 2. The van der Waals surface area contributed by atoms with E-state index < -0.39 is 5.97 Å². The van der Waals surface area contributed by atoms with Gasteiger partial charge in [-0.25, -0.2) is 4.98 Å².